The molecular weight excluding hydrogens is 350 g/mol. The molecule has 0 radical (unpaired) electrons. The number of thiophene rings is 2. The number of nitrogens with one attached hydrogen (secondary N) is 1. The van der Waals surface area contributed by atoms with Crippen LogP contribution in [0.1, 0.15) is 40.7 Å². The molecule has 1 fully saturated rings. The zero-order chi connectivity index (χ0) is 16.8. The predicted octanol–water partition coefficient (Wildman–Crippen LogP) is 4.00. The van der Waals surface area contributed by atoms with Crippen LogP contribution in [0.25, 0.3) is 9.75 Å². The van der Waals surface area contributed by atoms with Gasteiger partial charge in [0.05, 0.1) is 11.3 Å². The summed E-state index contributed by atoms with van der Waals surface area (Å²) in [4.78, 5) is 26.6. The lowest BCUT2D eigenvalue weighted by Crippen LogP contribution is -2.35. The number of hydrogen-bond acceptors (Lipinski definition) is 5. The smallest absolute Gasteiger partial charge is 0.255 e. The highest BCUT2D eigenvalue weighted by atomic mass is 32.1. The Labute approximate surface area is 154 Å². The zero-order valence-electron chi connectivity index (χ0n) is 13.8. The number of H-pyrrole nitrogens is 1. The molecule has 1 aliphatic carbocycles. The minimum absolute atomic E-state index is 0.0713. The highest BCUT2D eigenvalue weighted by molar-refractivity contribution is 7.21. The van der Waals surface area contributed by atoms with E-state index in [4.69, 9.17) is 4.98 Å². The van der Waals surface area contributed by atoms with Crippen molar-refractivity contribution in [2.24, 2.45) is 0 Å². The summed E-state index contributed by atoms with van der Waals surface area (Å²) < 4.78 is 0. The monoisotopic (exact) mass is 369 g/mol. The Balaban J connectivity index is 1.33. The van der Waals surface area contributed by atoms with Gasteiger partial charge in [-0.3, -0.25) is 9.69 Å². The van der Waals surface area contributed by atoms with Crippen molar-refractivity contribution in [2.75, 3.05) is 6.54 Å². The molecule has 3 aromatic rings. The molecule has 25 heavy (non-hydrogen) atoms. The summed E-state index contributed by atoms with van der Waals surface area (Å²) in [5.74, 6) is 1.41. The van der Waals surface area contributed by atoms with Gasteiger partial charge in [0.15, 0.2) is 0 Å². The number of hydrogen-bond donors (Lipinski definition) is 1. The third-order valence-corrected chi connectivity index (χ3v) is 7.07. The minimum atomic E-state index is 0.0713. The minimum Gasteiger partial charge on any atom is -0.310 e. The maximum Gasteiger partial charge on any atom is 0.255 e. The van der Waals surface area contributed by atoms with Crippen LogP contribution < -0.4 is 5.56 Å². The number of rotatable bonds is 4. The maximum absolute atomic E-state index is 12.5. The van der Waals surface area contributed by atoms with Crippen LogP contribution in [0, 0.1) is 0 Å². The summed E-state index contributed by atoms with van der Waals surface area (Å²) in [7, 11) is 0. The molecule has 4 heterocycles. The fourth-order valence-corrected chi connectivity index (χ4v) is 5.30. The Morgan fingerprint density at radius 2 is 2.16 bits per heavy atom. The van der Waals surface area contributed by atoms with Crippen molar-refractivity contribution >= 4 is 22.7 Å². The van der Waals surface area contributed by atoms with Crippen LogP contribution in [0.15, 0.2) is 34.4 Å². The van der Waals surface area contributed by atoms with Gasteiger partial charge in [0.25, 0.3) is 5.56 Å². The third-order valence-electron chi connectivity index (χ3n) is 4.94. The molecule has 0 spiro atoms. The Hall–Kier alpha value is -1.76. The predicted molar refractivity (Wildman–Crippen MR) is 102 cm³/mol. The number of aromatic amines is 1. The first-order valence-electron chi connectivity index (χ1n) is 8.73. The highest BCUT2D eigenvalue weighted by Crippen LogP contribution is 2.38. The summed E-state index contributed by atoms with van der Waals surface area (Å²) in [5, 5.41) is 2.12. The number of nitrogens with zero attached hydrogens (tertiary/aromatic N) is 2. The standard InChI is InChI=1S/C19H19N3OS2/c23-19-14-11-22(8-7-15(14)20-18(21-19)12-3-4-12)10-13-5-6-17(25-13)16-2-1-9-24-16/h1-2,5-6,9,12H,3-4,7-8,10-11H2,(H,20,21,23). The Morgan fingerprint density at radius 3 is 2.96 bits per heavy atom. The summed E-state index contributed by atoms with van der Waals surface area (Å²) in [5.41, 5.74) is 1.96. The largest absolute Gasteiger partial charge is 0.310 e. The molecular formula is C19H19N3OS2. The lowest BCUT2D eigenvalue weighted by atomic mass is 10.1. The fourth-order valence-electron chi connectivity index (χ4n) is 3.42. The van der Waals surface area contributed by atoms with E-state index < -0.39 is 0 Å². The lowest BCUT2D eigenvalue weighted by Gasteiger charge is -2.27. The van der Waals surface area contributed by atoms with Gasteiger partial charge < -0.3 is 4.98 Å². The van der Waals surface area contributed by atoms with E-state index in [-0.39, 0.29) is 5.56 Å². The summed E-state index contributed by atoms with van der Waals surface area (Å²) in [6.07, 6.45) is 3.21. The SMILES string of the molecule is O=c1[nH]c(C2CC2)nc2c1CN(Cc1ccc(-c3cccs3)s1)CC2. The molecule has 1 aliphatic heterocycles. The van der Waals surface area contributed by atoms with Gasteiger partial charge in [-0.05, 0) is 36.4 Å². The van der Waals surface area contributed by atoms with Crippen LogP contribution in [-0.2, 0) is 19.5 Å². The molecule has 0 atom stereocenters. The van der Waals surface area contributed by atoms with Gasteiger partial charge in [0, 0.05) is 46.6 Å². The van der Waals surface area contributed by atoms with E-state index in [0.29, 0.717) is 12.5 Å². The van der Waals surface area contributed by atoms with Crippen LogP contribution in [0.3, 0.4) is 0 Å². The quantitative estimate of drug-likeness (QED) is 0.756. The van der Waals surface area contributed by atoms with Gasteiger partial charge in [-0.25, -0.2) is 4.98 Å². The van der Waals surface area contributed by atoms with Gasteiger partial charge >= 0.3 is 0 Å². The first-order chi connectivity index (χ1) is 12.3. The fraction of sp³-hybridized carbons (Fsp3) is 0.368. The van der Waals surface area contributed by atoms with E-state index >= 15 is 0 Å². The average Bonchev–Trinajstić information content (AvgIpc) is 3.13. The van der Waals surface area contributed by atoms with E-state index in [1.807, 2.05) is 11.3 Å². The van der Waals surface area contributed by atoms with E-state index in [1.54, 1.807) is 11.3 Å². The van der Waals surface area contributed by atoms with E-state index in [1.165, 1.54) is 27.5 Å². The van der Waals surface area contributed by atoms with Crippen LogP contribution in [0.5, 0.6) is 0 Å². The molecule has 0 unspecified atom stereocenters. The number of aromatic nitrogens is 2. The molecule has 0 saturated heterocycles. The Kier molecular flexibility index (Phi) is 3.84. The molecule has 3 aromatic heterocycles. The van der Waals surface area contributed by atoms with Gasteiger partial charge in [0.1, 0.15) is 5.82 Å². The molecule has 1 saturated carbocycles. The Bertz CT molecular complexity index is 953. The Morgan fingerprint density at radius 1 is 1.24 bits per heavy atom. The van der Waals surface area contributed by atoms with Crippen molar-refractivity contribution in [1.82, 2.24) is 14.9 Å². The first-order valence-corrected chi connectivity index (χ1v) is 10.4. The second-order valence-electron chi connectivity index (χ2n) is 6.85. The van der Waals surface area contributed by atoms with Crippen molar-refractivity contribution < 1.29 is 0 Å². The summed E-state index contributed by atoms with van der Waals surface area (Å²) >= 11 is 3.63. The first kappa shape index (κ1) is 15.5. The normalized spacial score (nSPS) is 17.6. The molecule has 0 aromatic carbocycles. The van der Waals surface area contributed by atoms with Gasteiger partial charge in [-0.2, -0.15) is 0 Å². The maximum atomic E-state index is 12.5. The molecule has 2 aliphatic rings. The van der Waals surface area contributed by atoms with Gasteiger partial charge in [-0.1, -0.05) is 6.07 Å². The summed E-state index contributed by atoms with van der Waals surface area (Å²) in [6.45, 7) is 2.58. The highest BCUT2D eigenvalue weighted by Gasteiger charge is 2.29. The van der Waals surface area contributed by atoms with Crippen LogP contribution >= 0.6 is 22.7 Å². The molecule has 6 heteroatoms. The van der Waals surface area contributed by atoms with E-state index in [0.717, 1.165) is 36.6 Å². The topological polar surface area (TPSA) is 49.0 Å². The van der Waals surface area contributed by atoms with Gasteiger partial charge in [-0.15, -0.1) is 22.7 Å². The average molecular weight is 370 g/mol. The van der Waals surface area contributed by atoms with Crippen LogP contribution in [-0.4, -0.2) is 21.4 Å². The molecule has 1 N–H and O–H groups in total. The molecule has 4 nitrogen and oxygen atoms in total. The van der Waals surface area contributed by atoms with Crippen molar-refractivity contribution in [2.45, 2.75) is 38.3 Å². The lowest BCUT2D eigenvalue weighted by molar-refractivity contribution is 0.243. The summed E-state index contributed by atoms with van der Waals surface area (Å²) in [6, 6.07) is 8.68. The second-order valence-corrected chi connectivity index (χ2v) is 8.97. The van der Waals surface area contributed by atoms with Crippen LogP contribution in [0.2, 0.25) is 0 Å². The third kappa shape index (κ3) is 3.10. The van der Waals surface area contributed by atoms with Crippen molar-refractivity contribution in [3.8, 4) is 9.75 Å². The van der Waals surface area contributed by atoms with Gasteiger partial charge in [0.2, 0.25) is 0 Å². The second kappa shape index (κ2) is 6.20. The molecule has 128 valence electrons. The van der Waals surface area contributed by atoms with Crippen LogP contribution in [0.4, 0.5) is 0 Å². The van der Waals surface area contributed by atoms with Crippen molar-refractivity contribution in [3.05, 3.63) is 62.0 Å². The molecule has 5 rings (SSSR count). The molecule has 0 amide bonds. The number of fused-ring (bicyclic) bond motifs is 1. The van der Waals surface area contributed by atoms with Crippen molar-refractivity contribution in [3.63, 3.8) is 0 Å². The van der Waals surface area contributed by atoms with E-state index in [2.05, 4.69) is 39.5 Å². The zero-order valence-corrected chi connectivity index (χ0v) is 15.5. The van der Waals surface area contributed by atoms with E-state index in [9.17, 15) is 4.79 Å². The molecule has 0 bridgehead atoms. The van der Waals surface area contributed by atoms with Crippen molar-refractivity contribution in [1.29, 1.82) is 0 Å².